The Morgan fingerprint density at radius 1 is 1.18 bits per heavy atom. The molecule has 1 aliphatic rings. The number of rotatable bonds is 10. The second-order valence-electron chi connectivity index (χ2n) is 10.8. The monoisotopic (exact) mass is 555 g/mol. The maximum atomic E-state index is 12.3. The number of anilines is 2. The number of fused-ring (bicyclic) bond motifs is 2. The number of esters is 1. The van der Waals surface area contributed by atoms with E-state index >= 15 is 0 Å². The molecule has 0 amide bonds. The number of ether oxygens (including phenoxy) is 2. The van der Waals surface area contributed by atoms with Gasteiger partial charge in [-0.15, -0.1) is 0 Å². The van der Waals surface area contributed by atoms with Crippen molar-refractivity contribution in [1.29, 1.82) is 0 Å². The lowest BCUT2D eigenvalue weighted by Gasteiger charge is -2.27. The zero-order chi connectivity index (χ0) is 28.5. The molecule has 4 rings (SSSR count). The minimum Gasteiger partial charge on any atom is -0.474 e. The minimum atomic E-state index is -3.11. The van der Waals surface area contributed by atoms with E-state index in [1.54, 1.807) is 24.5 Å². The van der Waals surface area contributed by atoms with E-state index in [1.165, 1.54) is 6.26 Å². The van der Waals surface area contributed by atoms with Crippen molar-refractivity contribution in [2.24, 2.45) is 5.73 Å². The molecule has 0 aromatic carbocycles. The van der Waals surface area contributed by atoms with Gasteiger partial charge in [-0.1, -0.05) is 20.3 Å². The maximum Gasteiger partial charge on any atom is 0.340 e. The molecule has 3 aromatic heterocycles. The lowest BCUT2D eigenvalue weighted by molar-refractivity contribution is 0.0235. The molecule has 0 saturated carbocycles. The Labute approximate surface area is 229 Å². The van der Waals surface area contributed by atoms with Crippen molar-refractivity contribution in [3.05, 3.63) is 47.4 Å². The summed E-state index contributed by atoms with van der Waals surface area (Å²) >= 11 is 0. The standard InChI is InChI=1S/C28H37N5O5S/c1-7-11-28(5,29)22-15-31-26(37-16(2)10-12-39(6,35)36)21-14-30-24(13-20(21)22)32-23-9-8-19-25(33-23)17(3)18(4)38-27(19)34/h8-9,13-18H,7,10-12,29H2,1-6H3,(H,30,32,33)/t16-,17+,18+,28?/m1/s1. The van der Waals surface area contributed by atoms with Crippen molar-refractivity contribution in [2.75, 3.05) is 17.3 Å². The second kappa shape index (κ2) is 11.1. The Kier molecular flexibility index (Phi) is 8.13. The van der Waals surface area contributed by atoms with Crippen molar-refractivity contribution in [1.82, 2.24) is 15.0 Å². The van der Waals surface area contributed by atoms with E-state index < -0.39 is 15.4 Å². The van der Waals surface area contributed by atoms with Crippen LogP contribution in [-0.2, 0) is 20.1 Å². The zero-order valence-corrected chi connectivity index (χ0v) is 24.1. The number of carbonyl (C=O) groups is 1. The molecule has 1 aliphatic heterocycles. The number of sulfone groups is 1. The van der Waals surface area contributed by atoms with Crippen molar-refractivity contribution in [2.45, 2.75) is 77.5 Å². The van der Waals surface area contributed by atoms with Crippen LogP contribution in [0.1, 0.15) is 81.4 Å². The van der Waals surface area contributed by atoms with Gasteiger partial charge in [0, 0.05) is 30.1 Å². The highest BCUT2D eigenvalue weighted by Gasteiger charge is 2.31. The average molecular weight is 556 g/mol. The minimum absolute atomic E-state index is 0.0246. The summed E-state index contributed by atoms with van der Waals surface area (Å²) in [5.74, 6) is 1.08. The first-order valence-electron chi connectivity index (χ1n) is 13.2. The van der Waals surface area contributed by atoms with Crippen LogP contribution in [-0.4, -0.2) is 53.6 Å². The molecule has 0 fully saturated rings. The molecule has 10 nitrogen and oxygen atoms in total. The molecule has 3 aromatic rings. The fourth-order valence-electron chi connectivity index (χ4n) is 4.76. The quantitative estimate of drug-likeness (QED) is 0.340. The van der Waals surface area contributed by atoms with Gasteiger partial charge in [0.2, 0.25) is 5.88 Å². The summed E-state index contributed by atoms with van der Waals surface area (Å²) in [6, 6.07) is 5.33. The highest BCUT2D eigenvalue weighted by atomic mass is 32.2. The van der Waals surface area contributed by atoms with E-state index in [0.29, 0.717) is 40.6 Å². The third-order valence-corrected chi connectivity index (χ3v) is 8.13. The number of cyclic esters (lactones) is 1. The van der Waals surface area contributed by atoms with Gasteiger partial charge < -0.3 is 20.5 Å². The highest BCUT2D eigenvalue weighted by Crippen LogP contribution is 2.36. The number of nitrogens with zero attached hydrogens (tertiary/aromatic N) is 3. The molecule has 0 spiro atoms. The van der Waals surface area contributed by atoms with Crippen molar-refractivity contribution >= 4 is 38.2 Å². The summed E-state index contributed by atoms with van der Waals surface area (Å²) in [6.45, 7) is 9.71. The van der Waals surface area contributed by atoms with Crippen LogP contribution in [0.2, 0.25) is 0 Å². The lowest BCUT2D eigenvalue weighted by Crippen LogP contribution is -2.33. The number of carbonyl (C=O) groups excluding carboxylic acids is 1. The Morgan fingerprint density at radius 3 is 2.62 bits per heavy atom. The van der Waals surface area contributed by atoms with E-state index in [4.69, 9.17) is 20.2 Å². The first kappa shape index (κ1) is 28.7. The molecule has 0 radical (unpaired) electrons. The van der Waals surface area contributed by atoms with Gasteiger partial charge in [0.25, 0.3) is 0 Å². The lowest BCUT2D eigenvalue weighted by atomic mass is 9.87. The van der Waals surface area contributed by atoms with Crippen LogP contribution in [0.25, 0.3) is 10.8 Å². The number of pyridine rings is 3. The highest BCUT2D eigenvalue weighted by molar-refractivity contribution is 7.90. The smallest absolute Gasteiger partial charge is 0.340 e. The van der Waals surface area contributed by atoms with E-state index in [2.05, 4.69) is 22.2 Å². The zero-order valence-electron chi connectivity index (χ0n) is 23.3. The third kappa shape index (κ3) is 6.47. The Morgan fingerprint density at radius 2 is 1.92 bits per heavy atom. The first-order valence-corrected chi connectivity index (χ1v) is 15.3. The molecule has 0 bridgehead atoms. The molecular weight excluding hydrogens is 518 g/mol. The summed E-state index contributed by atoms with van der Waals surface area (Å²) in [5, 5.41) is 4.77. The van der Waals surface area contributed by atoms with Gasteiger partial charge in [0.15, 0.2) is 0 Å². The fraction of sp³-hybridized carbons (Fsp3) is 0.500. The van der Waals surface area contributed by atoms with Crippen LogP contribution in [0.5, 0.6) is 5.88 Å². The van der Waals surface area contributed by atoms with Gasteiger partial charge in [-0.3, -0.25) is 0 Å². The first-order chi connectivity index (χ1) is 18.3. The van der Waals surface area contributed by atoms with Gasteiger partial charge in [-0.05, 0) is 62.8 Å². The number of hydrogen-bond donors (Lipinski definition) is 2. The molecule has 4 heterocycles. The van der Waals surface area contributed by atoms with Crippen LogP contribution in [0.15, 0.2) is 30.6 Å². The fourth-order valence-corrected chi connectivity index (χ4v) is 5.52. The number of nitrogens with two attached hydrogens (primary N) is 1. The summed E-state index contributed by atoms with van der Waals surface area (Å²) in [4.78, 5) is 26.1. The van der Waals surface area contributed by atoms with Gasteiger partial charge in [-0.2, -0.15) is 0 Å². The van der Waals surface area contributed by atoms with E-state index in [0.717, 1.165) is 23.8 Å². The SMILES string of the molecule is CCCC(C)(N)c1cnc(O[C@H](C)CCS(C)(=O)=O)c2cnc(Nc3ccc4c(n3)[C@@H](C)[C@H](C)OC4=O)cc12. The van der Waals surface area contributed by atoms with E-state index in [9.17, 15) is 13.2 Å². The van der Waals surface area contributed by atoms with Gasteiger partial charge >= 0.3 is 5.97 Å². The van der Waals surface area contributed by atoms with Crippen LogP contribution in [0.3, 0.4) is 0 Å². The molecule has 4 atom stereocenters. The van der Waals surface area contributed by atoms with Crippen molar-refractivity contribution in [3.63, 3.8) is 0 Å². The second-order valence-corrected chi connectivity index (χ2v) is 13.0. The Bertz CT molecular complexity index is 1490. The molecule has 0 aliphatic carbocycles. The molecule has 210 valence electrons. The van der Waals surface area contributed by atoms with Crippen LogP contribution < -0.4 is 15.8 Å². The maximum absolute atomic E-state index is 12.3. The summed E-state index contributed by atoms with van der Waals surface area (Å²) in [6.07, 6.45) is 5.97. The predicted molar refractivity (Wildman–Crippen MR) is 151 cm³/mol. The van der Waals surface area contributed by atoms with E-state index in [-0.39, 0.29) is 29.8 Å². The Balaban J connectivity index is 1.71. The number of hydrogen-bond acceptors (Lipinski definition) is 10. The van der Waals surface area contributed by atoms with Crippen LogP contribution in [0, 0.1) is 0 Å². The van der Waals surface area contributed by atoms with Crippen molar-refractivity contribution < 1.29 is 22.7 Å². The molecule has 1 unspecified atom stereocenters. The van der Waals surface area contributed by atoms with Gasteiger partial charge in [0.1, 0.15) is 27.6 Å². The summed E-state index contributed by atoms with van der Waals surface area (Å²) in [7, 11) is -3.11. The van der Waals surface area contributed by atoms with E-state index in [1.807, 2.05) is 33.8 Å². The van der Waals surface area contributed by atoms with Crippen molar-refractivity contribution in [3.8, 4) is 5.88 Å². The topological polar surface area (TPSA) is 146 Å². The third-order valence-electron chi connectivity index (χ3n) is 7.16. The molecule has 3 N–H and O–H groups in total. The predicted octanol–water partition coefficient (Wildman–Crippen LogP) is 4.61. The Hall–Kier alpha value is -3.31. The largest absolute Gasteiger partial charge is 0.474 e. The number of nitrogens with one attached hydrogen (secondary N) is 1. The van der Waals surface area contributed by atoms with Gasteiger partial charge in [0.05, 0.1) is 28.5 Å². The normalized spacial score (nSPS) is 19.6. The molecular formula is C28H37N5O5S. The van der Waals surface area contributed by atoms with Crippen LogP contribution in [0.4, 0.5) is 11.6 Å². The molecule has 39 heavy (non-hydrogen) atoms. The van der Waals surface area contributed by atoms with Gasteiger partial charge in [-0.25, -0.2) is 28.2 Å². The summed E-state index contributed by atoms with van der Waals surface area (Å²) in [5.41, 5.74) is 8.10. The summed E-state index contributed by atoms with van der Waals surface area (Å²) < 4.78 is 34.7. The number of aromatic nitrogens is 3. The molecule has 11 heteroatoms. The van der Waals surface area contributed by atoms with Crippen LogP contribution >= 0.6 is 0 Å². The average Bonchev–Trinajstić information content (AvgIpc) is 2.85. The molecule has 0 saturated heterocycles.